The quantitative estimate of drug-likeness (QED) is 0.481. The summed E-state index contributed by atoms with van der Waals surface area (Å²) in [7, 11) is -0.238. The minimum atomic E-state index is -0.463. The first kappa shape index (κ1) is 10.7. The van der Waals surface area contributed by atoms with E-state index in [0.717, 1.165) is 6.42 Å². The van der Waals surface area contributed by atoms with E-state index in [4.69, 9.17) is 9.31 Å². The van der Waals surface area contributed by atoms with Gasteiger partial charge < -0.3 is 9.31 Å². The van der Waals surface area contributed by atoms with Gasteiger partial charge in [-0.2, -0.15) is 0 Å². The third-order valence-corrected chi connectivity index (χ3v) is 2.59. The molecule has 1 atom stereocenters. The highest BCUT2D eigenvalue weighted by molar-refractivity contribution is 6.51. The molecule has 2 nitrogen and oxygen atoms in total. The Labute approximate surface area is 81.4 Å². The molecule has 0 aromatic carbocycles. The molecule has 0 N–H and O–H groups in total. The molecule has 3 heteroatoms. The van der Waals surface area contributed by atoms with Crippen LogP contribution in [0.15, 0.2) is 12.1 Å². The topological polar surface area (TPSA) is 18.5 Å². The van der Waals surface area contributed by atoms with Crippen LogP contribution in [0.5, 0.6) is 0 Å². The molecule has 13 heavy (non-hydrogen) atoms. The van der Waals surface area contributed by atoms with E-state index in [1.165, 1.54) is 0 Å². The molecule has 0 saturated carbocycles. The third kappa shape index (κ3) is 2.09. The second kappa shape index (κ2) is 3.39. The SMILES string of the molecule is [CH2+]C1(C)OB(C=CCC)OC1(C)C. The van der Waals surface area contributed by atoms with E-state index in [-0.39, 0.29) is 12.7 Å². The van der Waals surface area contributed by atoms with Crippen LogP contribution < -0.4 is 0 Å². The van der Waals surface area contributed by atoms with Crippen LogP contribution in [0.2, 0.25) is 0 Å². The molecule has 1 aliphatic heterocycles. The summed E-state index contributed by atoms with van der Waals surface area (Å²) in [4.78, 5) is 0. The first-order valence-corrected chi connectivity index (χ1v) is 4.77. The van der Waals surface area contributed by atoms with Crippen molar-refractivity contribution in [2.75, 3.05) is 0 Å². The van der Waals surface area contributed by atoms with Crippen LogP contribution in [0.1, 0.15) is 34.1 Å². The summed E-state index contributed by atoms with van der Waals surface area (Å²) >= 11 is 0. The van der Waals surface area contributed by atoms with E-state index in [2.05, 4.69) is 13.8 Å². The van der Waals surface area contributed by atoms with Gasteiger partial charge in [-0.25, -0.2) is 0 Å². The second-order valence-corrected chi connectivity index (χ2v) is 4.18. The van der Waals surface area contributed by atoms with E-state index in [9.17, 15) is 0 Å². The lowest BCUT2D eigenvalue weighted by Gasteiger charge is -2.25. The van der Waals surface area contributed by atoms with Gasteiger partial charge in [-0.15, -0.1) is 0 Å². The predicted octanol–water partition coefficient (Wildman–Crippen LogP) is 2.40. The zero-order valence-corrected chi connectivity index (χ0v) is 8.96. The number of rotatable bonds is 2. The van der Waals surface area contributed by atoms with Crippen molar-refractivity contribution in [3.05, 3.63) is 19.0 Å². The molecule has 0 aliphatic carbocycles. The van der Waals surface area contributed by atoms with Crippen LogP contribution in [0.25, 0.3) is 0 Å². The molecule has 1 heterocycles. The molecule has 1 rings (SSSR count). The molecular weight excluding hydrogens is 163 g/mol. The van der Waals surface area contributed by atoms with Crippen molar-refractivity contribution in [2.45, 2.75) is 45.3 Å². The Morgan fingerprint density at radius 1 is 1.31 bits per heavy atom. The summed E-state index contributed by atoms with van der Waals surface area (Å²) in [6.45, 7) is 12.0. The molecule has 0 spiro atoms. The first-order valence-electron chi connectivity index (χ1n) is 4.77. The molecule has 0 radical (unpaired) electrons. The smallest absolute Gasteiger partial charge is 0.395 e. The van der Waals surface area contributed by atoms with Gasteiger partial charge in [0.2, 0.25) is 5.60 Å². The molecule has 1 aliphatic rings. The van der Waals surface area contributed by atoms with Crippen molar-refractivity contribution in [1.29, 1.82) is 0 Å². The van der Waals surface area contributed by atoms with E-state index in [1.54, 1.807) is 0 Å². The zero-order valence-electron chi connectivity index (χ0n) is 8.96. The maximum Gasteiger partial charge on any atom is 0.489 e. The predicted molar refractivity (Wildman–Crippen MR) is 55.2 cm³/mol. The van der Waals surface area contributed by atoms with E-state index in [1.807, 2.05) is 32.8 Å². The van der Waals surface area contributed by atoms with Gasteiger partial charge in [-0.05, 0) is 20.3 Å². The average Bonchev–Trinajstić information content (AvgIpc) is 2.17. The van der Waals surface area contributed by atoms with Gasteiger partial charge in [0, 0.05) is 6.92 Å². The summed E-state index contributed by atoms with van der Waals surface area (Å²) in [6.07, 6.45) is 3.04. The maximum absolute atomic E-state index is 5.69. The van der Waals surface area contributed by atoms with Crippen molar-refractivity contribution >= 4 is 7.12 Å². The largest absolute Gasteiger partial charge is 0.489 e. The Hall–Kier alpha value is -0.405. The lowest BCUT2D eigenvalue weighted by Crippen LogP contribution is -2.42. The number of hydrogen-bond acceptors (Lipinski definition) is 2. The average molecular weight is 181 g/mol. The highest BCUT2D eigenvalue weighted by atomic mass is 16.7. The van der Waals surface area contributed by atoms with Crippen LogP contribution >= 0.6 is 0 Å². The number of hydrogen-bond donors (Lipinski definition) is 0. The van der Waals surface area contributed by atoms with Crippen LogP contribution in [0.3, 0.4) is 0 Å². The summed E-state index contributed by atoms with van der Waals surface area (Å²) in [5.41, 5.74) is -0.786. The van der Waals surface area contributed by atoms with E-state index < -0.39 is 5.60 Å². The molecule has 0 amide bonds. The Bertz CT molecular complexity index is 193. The lowest BCUT2D eigenvalue weighted by molar-refractivity contribution is 0.0262. The van der Waals surface area contributed by atoms with Gasteiger partial charge in [0.1, 0.15) is 5.60 Å². The van der Waals surface area contributed by atoms with Gasteiger partial charge in [-0.1, -0.05) is 19.0 Å². The fraction of sp³-hybridized carbons (Fsp3) is 0.700. The van der Waals surface area contributed by atoms with Crippen molar-refractivity contribution in [2.24, 2.45) is 0 Å². The summed E-state index contributed by atoms with van der Waals surface area (Å²) < 4.78 is 11.3. The van der Waals surface area contributed by atoms with Gasteiger partial charge in [0.25, 0.3) is 0 Å². The summed E-state index contributed by atoms with van der Waals surface area (Å²) in [5.74, 6) is 1.94. The van der Waals surface area contributed by atoms with Crippen LogP contribution in [-0.4, -0.2) is 18.3 Å². The fourth-order valence-corrected chi connectivity index (χ4v) is 1.16. The molecule has 0 bridgehead atoms. The lowest BCUT2D eigenvalue weighted by atomic mass is 9.90. The molecule has 1 unspecified atom stereocenters. The summed E-state index contributed by atoms with van der Waals surface area (Å²) in [6, 6.07) is 0. The Morgan fingerprint density at radius 3 is 2.31 bits per heavy atom. The summed E-state index contributed by atoms with van der Waals surface area (Å²) in [5, 5.41) is 0. The van der Waals surface area contributed by atoms with Crippen molar-refractivity contribution < 1.29 is 9.31 Å². The van der Waals surface area contributed by atoms with Crippen LogP contribution in [0.4, 0.5) is 0 Å². The third-order valence-electron chi connectivity index (χ3n) is 2.59. The normalized spacial score (nSPS) is 33.1. The molecule has 72 valence electrons. The van der Waals surface area contributed by atoms with Crippen LogP contribution in [-0.2, 0) is 9.31 Å². The molecule has 0 aromatic rings. The Morgan fingerprint density at radius 2 is 1.92 bits per heavy atom. The molecule has 0 aromatic heterocycles. The number of allylic oxidation sites excluding steroid dienone is 1. The molecule has 1 fully saturated rings. The minimum absolute atomic E-state index is 0.238. The monoisotopic (exact) mass is 181 g/mol. The highest BCUT2D eigenvalue weighted by Gasteiger charge is 2.55. The van der Waals surface area contributed by atoms with Crippen molar-refractivity contribution in [1.82, 2.24) is 0 Å². The van der Waals surface area contributed by atoms with Gasteiger partial charge in [-0.3, -0.25) is 0 Å². The minimum Gasteiger partial charge on any atom is -0.395 e. The maximum atomic E-state index is 5.69. The standard InChI is InChI=1S/C10H18BO2/c1-6-7-8-11-12-9(2,3)10(4,5)13-11/h7-8H,2,6H2,1,3-5H3/q+1. The van der Waals surface area contributed by atoms with E-state index in [0.29, 0.717) is 0 Å². The highest BCUT2D eigenvalue weighted by Crippen LogP contribution is 2.36. The Kier molecular flexibility index (Phi) is 2.78. The van der Waals surface area contributed by atoms with Gasteiger partial charge in [0.05, 0.1) is 6.92 Å². The van der Waals surface area contributed by atoms with E-state index >= 15 is 0 Å². The van der Waals surface area contributed by atoms with Gasteiger partial charge in [0.15, 0.2) is 0 Å². The van der Waals surface area contributed by atoms with Crippen molar-refractivity contribution in [3.63, 3.8) is 0 Å². The Balaban J connectivity index is 2.65. The molecule has 1 saturated heterocycles. The first-order chi connectivity index (χ1) is 5.89. The molecular formula is C10H18BO2+. The zero-order chi connectivity index (χ0) is 10.1. The van der Waals surface area contributed by atoms with Crippen molar-refractivity contribution in [3.8, 4) is 0 Å². The fourth-order valence-electron chi connectivity index (χ4n) is 1.16. The van der Waals surface area contributed by atoms with Gasteiger partial charge >= 0.3 is 7.12 Å². The second-order valence-electron chi connectivity index (χ2n) is 4.18. The van der Waals surface area contributed by atoms with Crippen LogP contribution in [0, 0.1) is 6.92 Å².